The van der Waals surface area contributed by atoms with Crippen molar-refractivity contribution >= 4 is 17.2 Å². The van der Waals surface area contributed by atoms with Crippen molar-refractivity contribution in [3.8, 4) is 17.2 Å². The van der Waals surface area contributed by atoms with Gasteiger partial charge in [0.1, 0.15) is 5.75 Å². The average Bonchev–Trinajstić information content (AvgIpc) is 3.02. The minimum absolute atomic E-state index is 0.0781. The standard InChI is InChI=1S/C28H28N2O4/c1-3-34-26-16-18(10-13-24(26)31)28-27-23(29-21-6-4-5-7-22(21)30-28)14-19(15-25(27)32)17-8-11-20(33-2)12-9-17/h4-13,16,19,28-31H,3,14-15H2,1-2H3/t19-,28+/m1/s1. The summed E-state index contributed by atoms with van der Waals surface area (Å²) < 4.78 is 10.9. The number of methoxy groups -OCH3 is 1. The van der Waals surface area contributed by atoms with E-state index in [-0.39, 0.29) is 23.5 Å². The van der Waals surface area contributed by atoms with Crippen LogP contribution in [-0.4, -0.2) is 24.6 Å². The Morgan fingerprint density at radius 3 is 2.44 bits per heavy atom. The summed E-state index contributed by atoms with van der Waals surface area (Å²) in [5.74, 6) is 1.48. The third-order valence-corrected chi connectivity index (χ3v) is 6.51. The van der Waals surface area contributed by atoms with Crippen LogP contribution in [0.5, 0.6) is 17.2 Å². The van der Waals surface area contributed by atoms with Gasteiger partial charge < -0.3 is 25.2 Å². The van der Waals surface area contributed by atoms with Crippen LogP contribution in [0.1, 0.15) is 42.9 Å². The van der Waals surface area contributed by atoms with Crippen LogP contribution in [0.25, 0.3) is 0 Å². The quantitative estimate of drug-likeness (QED) is 0.452. The summed E-state index contributed by atoms with van der Waals surface area (Å²) in [4.78, 5) is 13.7. The van der Waals surface area contributed by atoms with E-state index in [1.807, 2.05) is 67.6 Å². The Labute approximate surface area is 199 Å². The lowest BCUT2D eigenvalue weighted by Gasteiger charge is -2.30. The number of para-hydroxylation sites is 2. The zero-order valence-corrected chi connectivity index (χ0v) is 19.3. The molecule has 0 bridgehead atoms. The fourth-order valence-corrected chi connectivity index (χ4v) is 4.84. The number of hydrogen-bond donors (Lipinski definition) is 3. The highest BCUT2D eigenvalue weighted by atomic mass is 16.5. The van der Waals surface area contributed by atoms with Gasteiger partial charge in [0.25, 0.3) is 0 Å². The lowest BCUT2D eigenvalue weighted by Crippen LogP contribution is -2.26. The van der Waals surface area contributed by atoms with Crippen LogP contribution in [0.15, 0.2) is 78.0 Å². The first-order chi connectivity index (χ1) is 16.6. The van der Waals surface area contributed by atoms with Gasteiger partial charge in [-0.05, 0) is 66.8 Å². The molecule has 3 aromatic rings. The molecule has 6 heteroatoms. The number of benzene rings is 3. The number of allylic oxidation sites excluding steroid dienone is 1. The van der Waals surface area contributed by atoms with Gasteiger partial charge in [-0.2, -0.15) is 0 Å². The Kier molecular flexibility index (Phi) is 5.88. The number of phenolic OH excluding ortho intramolecular Hbond substituents is 1. The van der Waals surface area contributed by atoms with E-state index in [1.54, 1.807) is 13.2 Å². The van der Waals surface area contributed by atoms with Crippen LogP contribution >= 0.6 is 0 Å². The number of phenols is 1. The maximum absolute atomic E-state index is 13.7. The molecule has 1 heterocycles. The monoisotopic (exact) mass is 456 g/mol. The predicted octanol–water partition coefficient (Wildman–Crippen LogP) is 5.78. The van der Waals surface area contributed by atoms with E-state index < -0.39 is 0 Å². The smallest absolute Gasteiger partial charge is 0.163 e. The molecule has 3 aromatic carbocycles. The first kappa shape index (κ1) is 21.9. The summed E-state index contributed by atoms with van der Waals surface area (Å²) >= 11 is 0. The number of hydrogen-bond acceptors (Lipinski definition) is 6. The lowest BCUT2D eigenvalue weighted by molar-refractivity contribution is -0.116. The van der Waals surface area contributed by atoms with Gasteiger partial charge in [-0.3, -0.25) is 4.79 Å². The minimum Gasteiger partial charge on any atom is -0.504 e. The zero-order chi connectivity index (χ0) is 23.7. The number of ketones is 1. The Morgan fingerprint density at radius 1 is 0.971 bits per heavy atom. The van der Waals surface area contributed by atoms with E-state index >= 15 is 0 Å². The maximum atomic E-state index is 13.7. The number of Topliss-reactive ketones (excluding diaryl/α,β-unsaturated/α-hetero) is 1. The fourth-order valence-electron chi connectivity index (χ4n) is 4.84. The second-order valence-electron chi connectivity index (χ2n) is 8.60. The van der Waals surface area contributed by atoms with Gasteiger partial charge in [0.2, 0.25) is 0 Å². The Bertz CT molecular complexity index is 1250. The van der Waals surface area contributed by atoms with Gasteiger partial charge in [0, 0.05) is 17.7 Å². The number of carbonyl (C=O) groups is 1. The molecular weight excluding hydrogens is 428 g/mol. The average molecular weight is 457 g/mol. The van der Waals surface area contributed by atoms with Gasteiger partial charge in [0.05, 0.1) is 31.1 Å². The van der Waals surface area contributed by atoms with Crippen molar-refractivity contribution in [1.82, 2.24) is 0 Å². The highest BCUT2D eigenvalue weighted by Gasteiger charge is 2.36. The molecule has 0 unspecified atom stereocenters. The molecule has 0 saturated heterocycles. The molecule has 0 radical (unpaired) electrons. The van der Waals surface area contributed by atoms with Gasteiger partial charge in [-0.15, -0.1) is 0 Å². The van der Waals surface area contributed by atoms with Crippen LogP contribution < -0.4 is 20.1 Å². The van der Waals surface area contributed by atoms with E-state index in [1.165, 1.54) is 0 Å². The topological polar surface area (TPSA) is 79.8 Å². The molecule has 3 N–H and O–H groups in total. The van der Waals surface area contributed by atoms with Crippen molar-refractivity contribution in [3.63, 3.8) is 0 Å². The Hall–Kier alpha value is -3.93. The highest BCUT2D eigenvalue weighted by molar-refractivity contribution is 6.01. The van der Waals surface area contributed by atoms with Crippen LogP contribution in [0, 0.1) is 0 Å². The summed E-state index contributed by atoms with van der Waals surface area (Å²) in [6.45, 7) is 2.32. The van der Waals surface area contributed by atoms with Gasteiger partial charge in [0.15, 0.2) is 17.3 Å². The summed E-state index contributed by atoms with van der Waals surface area (Å²) in [5, 5.41) is 17.3. The summed E-state index contributed by atoms with van der Waals surface area (Å²) in [7, 11) is 1.65. The number of fused-ring (bicyclic) bond motifs is 1. The zero-order valence-electron chi connectivity index (χ0n) is 19.3. The van der Waals surface area contributed by atoms with Crippen LogP contribution in [0.4, 0.5) is 11.4 Å². The number of aromatic hydroxyl groups is 1. The molecule has 6 nitrogen and oxygen atoms in total. The van der Waals surface area contributed by atoms with E-state index in [9.17, 15) is 9.90 Å². The van der Waals surface area contributed by atoms with Crippen molar-refractivity contribution in [3.05, 3.63) is 89.1 Å². The van der Waals surface area contributed by atoms with E-state index in [0.29, 0.717) is 18.8 Å². The molecule has 0 aromatic heterocycles. The van der Waals surface area contributed by atoms with Gasteiger partial charge in [-0.1, -0.05) is 30.3 Å². The van der Waals surface area contributed by atoms with Crippen molar-refractivity contribution < 1.29 is 19.4 Å². The maximum Gasteiger partial charge on any atom is 0.163 e. The molecule has 0 spiro atoms. The van der Waals surface area contributed by atoms with E-state index in [2.05, 4.69) is 10.6 Å². The largest absolute Gasteiger partial charge is 0.504 e. The summed E-state index contributed by atoms with van der Waals surface area (Å²) in [6, 6.07) is 20.8. The molecule has 2 atom stereocenters. The number of nitrogens with one attached hydrogen (secondary N) is 2. The number of rotatable bonds is 5. The number of ether oxygens (including phenoxy) is 2. The molecule has 0 amide bonds. The first-order valence-electron chi connectivity index (χ1n) is 11.6. The molecule has 5 rings (SSSR count). The number of carbonyl (C=O) groups excluding carboxylic acids is 1. The van der Waals surface area contributed by atoms with E-state index in [0.717, 1.165) is 45.9 Å². The molecule has 34 heavy (non-hydrogen) atoms. The summed E-state index contributed by atoms with van der Waals surface area (Å²) in [5.41, 5.74) is 5.49. The minimum atomic E-state index is -0.365. The van der Waals surface area contributed by atoms with Gasteiger partial charge >= 0.3 is 0 Å². The molecule has 1 aliphatic carbocycles. The van der Waals surface area contributed by atoms with E-state index in [4.69, 9.17) is 9.47 Å². The van der Waals surface area contributed by atoms with Crippen LogP contribution in [-0.2, 0) is 4.79 Å². The molecule has 2 aliphatic rings. The molecule has 0 saturated carbocycles. The van der Waals surface area contributed by atoms with Crippen molar-refractivity contribution in [2.24, 2.45) is 0 Å². The first-order valence-corrected chi connectivity index (χ1v) is 11.6. The fraction of sp³-hybridized carbons (Fsp3) is 0.250. The van der Waals surface area contributed by atoms with Crippen molar-refractivity contribution in [2.45, 2.75) is 31.7 Å². The second-order valence-corrected chi connectivity index (χ2v) is 8.60. The third-order valence-electron chi connectivity index (χ3n) is 6.51. The molecular formula is C28H28N2O4. The van der Waals surface area contributed by atoms with Gasteiger partial charge in [-0.25, -0.2) is 0 Å². The number of anilines is 2. The highest BCUT2D eigenvalue weighted by Crippen LogP contribution is 2.45. The molecule has 174 valence electrons. The third kappa shape index (κ3) is 4.07. The van der Waals surface area contributed by atoms with Crippen LogP contribution in [0.2, 0.25) is 0 Å². The normalized spacial score (nSPS) is 19.3. The summed E-state index contributed by atoms with van der Waals surface area (Å²) in [6.07, 6.45) is 1.15. The molecule has 1 aliphatic heterocycles. The molecule has 0 fully saturated rings. The van der Waals surface area contributed by atoms with Crippen molar-refractivity contribution in [1.29, 1.82) is 0 Å². The Balaban J connectivity index is 1.58. The second kappa shape index (κ2) is 9.14. The lowest BCUT2D eigenvalue weighted by atomic mass is 9.78. The van der Waals surface area contributed by atoms with Crippen LogP contribution in [0.3, 0.4) is 0 Å². The Morgan fingerprint density at radius 2 is 1.71 bits per heavy atom. The predicted molar refractivity (Wildman–Crippen MR) is 133 cm³/mol. The SMILES string of the molecule is CCOc1cc([C@@H]2Nc3ccccc3NC3=C2C(=O)C[C@H](c2ccc(OC)cc2)C3)ccc1O. The van der Waals surface area contributed by atoms with Crippen molar-refractivity contribution in [2.75, 3.05) is 24.4 Å².